The monoisotopic (exact) mass is 377 g/mol. The zero-order chi connectivity index (χ0) is 19.6. The van der Waals surface area contributed by atoms with Gasteiger partial charge in [-0.15, -0.1) is 0 Å². The fraction of sp³-hybridized carbons (Fsp3) is 0.450. The van der Waals surface area contributed by atoms with Crippen LogP contribution in [0.25, 0.3) is 0 Å². The molecule has 0 radical (unpaired) electrons. The van der Waals surface area contributed by atoms with Crippen molar-refractivity contribution in [2.75, 3.05) is 7.11 Å². The summed E-state index contributed by atoms with van der Waals surface area (Å²) in [7, 11) is 1.32. The maximum absolute atomic E-state index is 12.9. The van der Waals surface area contributed by atoms with Crippen LogP contribution in [0.3, 0.4) is 0 Å². The zero-order valence-electron chi connectivity index (χ0n) is 15.9. The average molecular weight is 378 g/mol. The van der Waals surface area contributed by atoms with Crippen molar-refractivity contribution < 1.29 is 19.1 Å². The van der Waals surface area contributed by atoms with E-state index in [4.69, 9.17) is 21.1 Å². The fourth-order valence-corrected chi connectivity index (χ4v) is 3.38. The highest BCUT2D eigenvalue weighted by Gasteiger charge is 2.43. The molecule has 0 aliphatic carbocycles. The van der Waals surface area contributed by atoms with E-state index in [0.29, 0.717) is 27.6 Å². The van der Waals surface area contributed by atoms with Gasteiger partial charge in [-0.2, -0.15) is 0 Å². The highest BCUT2D eigenvalue weighted by molar-refractivity contribution is 6.31. The van der Waals surface area contributed by atoms with Gasteiger partial charge in [-0.25, -0.2) is 4.79 Å². The standard InChI is InChI=1S/C20H24ClNO4/c1-11-15(18(23)25-6)17(13-9-7-8-10-14(13)21)16(12(2)22-11)19(24)26-20(3,4)5/h7-10,15,17H,1-6H3. The van der Waals surface area contributed by atoms with Crippen LogP contribution >= 0.6 is 11.6 Å². The number of halogens is 1. The molecule has 1 aromatic carbocycles. The summed E-state index contributed by atoms with van der Waals surface area (Å²) in [6.07, 6.45) is 0. The van der Waals surface area contributed by atoms with Gasteiger partial charge in [-0.1, -0.05) is 29.8 Å². The Morgan fingerprint density at radius 3 is 2.31 bits per heavy atom. The average Bonchev–Trinajstić information content (AvgIpc) is 2.52. The van der Waals surface area contributed by atoms with Crippen LogP contribution in [0.2, 0.25) is 5.02 Å². The second-order valence-corrected chi connectivity index (χ2v) is 7.66. The normalized spacial score (nSPS) is 20.5. The van der Waals surface area contributed by atoms with Crippen LogP contribution in [0.15, 0.2) is 40.5 Å². The largest absolute Gasteiger partial charge is 0.468 e. The molecule has 0 saturated carbocycles. The Labute approximate surface area is 159 Å². The number of methoxy groups -OCH3 is 1. The van der Waals surface area contributed by atoms with E-state index in [0.717, 1.165) is 0 Å². The number of rotatable bonds is 3. The first kappa shape index (κ1) is 20.2. The zero-order valence-corrected chi connectivity index (χ0v) is 16.7. The predicted molar refractivity (Wildman–Crippen MR) is 101 cm³/mol. The molecule has 1 aliphatic heterocycles. The van der Waals surface area contributed by atoms with Gasteiger partial charge in [0.25, 0.3) is 0 Å². The van der Waals surface area contributed by atoms with E-state index in [1.165, 1.54) is 7.11 Å². The van der Waals surface area contributed by atoms with Gasteiger partial charge in [0, 0.05) is 22.3 Å². The number of nitrogens with zero attached hydrogens (tertiary/aromatic N) is 1. The number of carbonyl (C=O) groups excluding carboxylic acids is 2. The highest BCUT2D eigenvalue weighted by Crippen LogP contribution is 2.42. The van der Waals surface area contributed by atoms with Gasteiger partial charge < -0.3 is 9.47 Å². The summed E-state index contributed by atoms with van der Waals surface area (Å²) in [5.74, 6) is -2.34. The molecule has 140 valence electrons. The number of carbonyl (C=O) groups is 2. The molecule has 5 nitrogen and oxygen atoms in total. The SMILES string of the molecule is COC(=O)C1C(C)=NC(C)=C(C(=O)OC(C)(C)C)C1c1ccccc1Cl. The predicted octanol–water partition coefficient (Wildman–Crippen LogP) is 4.30. The second-order valence-electron chi connectivity index (χ2n) is 7.25. The number of hydrogen-bond acceptors (Lipinski definition) is 5. The number of allylic oxidation sites excluding steroid dienone is 1. The van der Waals surface area contributed by atoms with Gasteiger partial charge >= 0.3 is 11.9 Å². The minimum absolute atomic E-state index is 0.328. The number of benzene rings is 1. The van der Waals surface area contributed by atoms with Crippen molar-refractivity contribution in [2.45, 2.75) is 46.1 Å². The number of ether oxygens (including phenoxy) is 2. The van der Waals surface area contributed by atoms with E-state index >= 15 is 0 Å². The van der Waals surface area contributed by atoms with Gasteiger partial charge in [0.15, 0.2) is 0 Å². The fourth-order valence-electron chi connectivity index (χ4n) is 3.13. The summed E-state index contributed by atoms with van der Waals surface area (Å²) < 4.78 is 10.6. The van der Waals surface area contributed by atoms with Crippen molar-refractivity contribution in [3.63, 3.8) is 0 Å². The summed E-state index contributed by atoms with van der Waals surface area (Å²) in [4.78, 5) is 29.9. The molecule has 0 saturated heterocycles. The Balaban J connectivity index is 2.67. The first-order valence-electron chi connectivity index (χ1n) is 8.38. The molecule has 0 bridgehead atoms. The molecule has 2 rings (SSSR count). The van der Waals surface area contributed by atoms with E-state index in [1.54, 1.807) is 52.8 Å². The summed E-state index contributed by atoms with van der Waals surface area (Å²) in [5, 5.41) is 0.468. The molecule has 6 heteroatoms. The van der Waals surface area contributed by atoms with Crippen LogP contribution in [-0.4, -0.2) is 30.4 Å². The Bertz CT molecular complexity index is 789. The van der Waals surface area contributed by atoms with Crippen molar-refractivity contribution in [2.24, 2.45) is 10.9 Å². The molecule has 2 unspecified atom stereocenters. The highest BCUT2D eigenvalue weighted by atomic mass is 35.5. The van der Waals surface area contributed by atoms with Gasteiger partial charge in [0.1, 0.15) is 11.5 Å². The molecule has 0 N–H and O–H groups in total. The van der Waals surface area contributed by atoms with E-state index in [-0.39, 0.29) is 0 Å². The van der Waals surface area contributed by atoms with E-state index in [2.05, 4.69) is 4.99 Å². The summed E-state index contributed by atoms with van der Waals surface area (Å²) >= 11 is 6.40. The summed E-state index contributed by atoms with van der Waals surface area (Å²) in [5.41, 5.74) is 1.41. The van der Waals surface area contributed by atoms with Crippen molar-refractivity contribution in [1.29, 1.82) is 0 Å². The number of esters is 2. The lowest BCUT2D eigenvalue weighted by Crippen LogP contribution is -2.37. The molecule has 1 aliphatic rings. The number of hydrogen-bond donors (Lipinski definition) is 0. The first-order chi connectivity index (χ1) is 12.1. The first-order valence-corrected chi connectivity index (χ1v) is 8.76. The topological polar surface area (TPSA) is 65.0 Å². The van der Waals surface area contributed by atoms with Gasteiger partial charge in [-0.05, 0) is 46.2 Å². The molecule has 1 aromatic rings. The smallest absolute Gasteiger partial charge is 0.337 e. The van der Waals surface area contributed by atoms with Crippen LogP contribution in [0.5, 0.6) is 0 Å². The molecular weight excluding hydrogens is 354 g/mol. The summed E-state index contributed by atoms with van der Waals surface area (Å²) in [6, 6.07) is 7.15. The lowest BCUT2D eigenvalue weighted by molar-refractivity contribution is -0.150. The van der Waals surface area contributed by atoms with Crippen LogP contribution in [0.1, 0.15) is 46.1 Å². The van der Waals surface area contributed by atoms with Crippen LogP contribution in [-0.2, 0) is 19.1 Å². The Morgan fingerprint density at radius 2 is 1.77 bits per heavy atom. The third kappa shape index (κ3) is 4.15. The molecule has 1 heterocycles. The summed E-state index contributed by atoms with van der Waals surface area (Å²) in [6.45, 7) is 8.86. The third-order valence-corrected chi connectivity index (χ3v) is 4.49. The lowest BCUT2D eigenvalue weighted by atomic mass is 9.75. The van der Waals surface area contributed by atoms with E-state index in [1.807, 2.05) is 6.07 Å². The van der Waals surface area contributed by atoms with Crippen molar-refractivity contribution in [3.05, 3.63) is 46.1 Å². The van der Waals surface area contributed by atoms with E-state index < -0.39 is 29.4 Å². The molecule has 26 heavy (non-hydrogen) atoms. The van der Waals surface area contributed by atoms with Gasteiger partial charge in [0.2, 0.25) is 0 Å². The molecule has 0 spiro atoms. The maximum Gasteiger partial charge on any atom is 0.337 e. The van der Waals surface area contributed by atoms with Crippen LogP contribution in [0, 0.1) is 5.92 Å². The Morgan fingerprint density at radius 1 is 1.15 bits per heavy atom. The molecular formula is C20H24ClNO4. The quantitative estimate of drug-likeness (QED) is 0.736. The van der Waals surface area contributed by atoms with E-state index in [9.17, 15) is 9.59 Å². The third-order valence-electron chi connectivity index (χ3n) is 4.14. The molecule has 2 atom stereocenters. The van der Waals surface area contributed by atoms with Gasteiger partial charge in [-0.3, -0.25) is 9.79 Å². The van der Waals surface area contributed by atoms with Crippen molar-refractivity contribution in [1.82, 2.24) is 0 Å². The Kier molecular flexibility index (Phi) is 5.91. The van der Waals surface area contributed by atoms with Crippen molar-refractivity contribution >= 4 is 29.3 Å². The number of aliphatic imine (C=N–C) groups is 1. The second kappa shape index (κ2) is 7.62. The Hall–Kier alpha value is -2.14. The minimum atomic E-state index is -0.744. The van der Waals surface area contributed by atoms with Crippen LogP contribution < -0.4 is 0 Å². The minimum Gasteiger partial charge on any atom is -0.468 e. The molecule has 0 aromatic heterocycles. The van der Waals surface area contributed by atoms with Crippen LogP contribution in [0.4, 0.5) is 0 Å². The van der Waals surface area contributed by atoms with Crippen molar-refractivity contribution in [3.8, 4) is 0 Å². The molecule has 0 fully saturated rings. The molecule has 0 amide bonds. The lowest BCUT2D eigenvalue weighted by Gasteiger charge is -2.33. The van der Waals surface area contributed by atoms with Gasteiger partial charge in [0.05, 0.1) is 12.7 Å². The maximum atomic E-state index is 12.9.